The van der Waals surface area contributed by atoms with E-state index in [0.29, 0.717) is 17.5 Å². The van der Waals surface area contributed by atoms with Gasteiger partial charge in [0.2, 0.25) is 5.89 Å². The van der Waals surface area contributed by atoms with Crippen LogP contribution in [0.4, 0.5) is 0 Å². The monoisotopic (exact) mass is 261 g/mol. The molecular weight excluding hydrogens is 242 g/mol. The van der Waals surface area contributed by atoms with Crippen molar-refractivity contribution in [2.45, 2.75) is 32.7 Å². The first-order valence-corrected chi connectivity index (χ1v) is 6.93. The van der Waals surface area contributed by atoms with Crippen LogP contribution in [0.2, 0.25) is 0 Å². The minimum Gasteiger partial charge on any atom is -0.459 e. The molecule has 0 spiro atoms. The van der Waals surface area contributed by atoms with Gasteiger partial charge in [-0.15, -0.1) is 10.2 Å². The van der Waals surface area contributed by atoms with Gasteiger partial charge >= 0.3 is 0 Å². The average Bonchev–Trinajstić information content (AvgIpc) is 2.91. The zero-order valence-corrected chi connectivity index (χ0v) is 11.2. The van der Waals surface area contributed by atoms with E-state index < -0.39 is 0 Å². The fraction of sp³-hybridized carbons (Fsp3) is 0.571. The van der Waals surface area contributed by atoms with Gasteiger partial charge in [0.1, 0.15) is 0 Å². The van der Waals surface area contributed by atoms with Crippen molar-refractivity contribution in [3.05, 3.63) is 24.3 Å². The quantitative estimate of drug-likeness (QED) is 0.767. The van der Waals surface area contributed by atoms with Crippen molar-refractivity contribution in [3.63, 3.8) is 0 Å². The van der Waals surface area contributed by atoms with Gasteiger partial charge in [0, 0.05) is 6.54 Å². The Bertz CT molecular complexity index is 503. The number of rotatable bonds is 7. The molecule has 19 heavy (non-hydrogen) atoms. The summed E-state index contributed by atoms with van der Waals surface area (Å²) in [6, 6.07) is 3.64. The van der Waals surface area contributed by atoms with Gasteiger partial charge in [0.15, 0.2) is 5.76 Å². The molecule has 5 nitrogen and oxygen atoms in total. The van der Waals surface area contributed by atoms with Crippen LogP contribution in [0.15, 0.2) is 27.2 Å². The zero-order valence-electron chi connectivity index (χ0n) is 11.2. The molecule has 0 N–H and O–H groups in total. The molecule has 0 aliphatic heterocycles. The smallest absolute Gasteiger partial charge is 0.283 e. The second-order valence-electron chi connectivity index (χ2n) is 5.16. The first-order chi connectivity index (χ1) is 9.35. The molecule has 0 amide bonds. The number of hydrogen-bond donors (Lipinski definition) is 0. The van der Waals surface area contributed by atoms with Crippen LogP contribution >= 0.6 is 0 Å². The Morgan fingerprint density at radius 2 is 2.26 bits per heavy atom. The Hall–Kier alpha value is -1.62. The van der Waals surface area contributed by atoms with Gasteiger partial charge in [-0.3, -0.25) is 4.90 Å². The molecule has 0 unspecified atom stereocenters. The Morgan fingerprint density at radius 1 is 1.37 bits per heavy atom. The number of nitrogens with zero attached hydrogens (tertiary/aromatic N) is 3. The lowest BCUT2D eigenvalue weighted by molar-refractivity contribution is 0.230. The minimum atomic E-state index is 0.461. The molecule has 0 radical (unpaired) electrons. The first-order valence-electron chi connectivity index (χ1n) is 6.93. The van der Waals surface area contributed by atoms with Crippen LogP contribution in [-0.4, -0.2) is 28.2 Å². The van der Waals surface area contributed by atoms with E-state index in [2.05, 4.69) is 22.0 Å². The minimum absolute atomic E-state index is 0.461. The SMILES string of the molecule is CCCN(Cc1nnc(-c2ccco2)o1)CC1CC1. The molecule has 0 saturated heterocycles. The molecule has 2 aromatic rings. The highest BCUT2D eigenvalue weighted by Crippen LogP contribution is 2.30. The summed E-state index contributed by atoms with van der Waals surface area (Å²) in [5.74, 6) is 2.63. The van der Waals surface area contributed by atoms with Crippen LogP contribution < -0.4 is 0 Å². The van der Waals surface area contributed by atoms with Crippen molar-refractivity contribution in [1.29, 1.82) is 0 Å². The molecule has 1 aliphatic carbocycles. The number of aromatic nitrogens is 2. The maximum absolute atomic E-state index is 5.65. The Balaban J connectivity index is 1.64. The normalized spacial score (nSPS) is 15.3. The summed E-state index contributed by atoms with van der Waals surface area (Å²) in [4.78, 5) is 2.40. The molecular formula is C14H19N3O2. The fourth-order valence-corrected chi connectivity index (χ4v) is 2.23. The molecule has 102 valence electrons. The highest BCUT2D eigenvalue weighted by molar-refractivity contribution is 5.42. The third kappa shape index (κ3) is 3.23. The molecule has 2 aromatic heterocycles. The lowest BCUT2D eigenvalue weighted by atomic mass is 10.3. The summed E-state index contributed by atoms with van der Waals surface area (Å²) in [5, 5.41) is 8.13. The summed E-state index contributed by atoms with van der Waals surface area (Å²) in [7, 11) is 0. The highest BCUT2D eigenvalue weighted by Gasteiger charge is 2.25. The van der Waals surface area contributed by atoms with Crippen molar-refractivity contribution in [1.82, 2.24) is 15.1 Å². The van der Waals surface area contributed by atoms with Crippen molar-refractivity contribution >= 4 is 0 Å². The number of hydrogen-bond acceptors (Lipinski definition) is 5. The van der Waals surface area contributed by atoms with Crippen LogP contribution in [0.25, 0.3) is 11.7 Å². The van der Waals surface area contributed by atoms with Crippen molar-refractivity contribution < 1.29 is 8.83 Å². The molecule has 1 aliphatic rings. The lowest BCUT2D eigenvalue weighted by Crippen LogP contribution is -2.26. The predicted octanol–water partition coefficient (Wildman–Crippen LogP) is 2.95. The summed E-state index contributed by atoms with van der Waals surface area (Å²) < 4.78 is 10.9. The maximum Gasteiger partial charge on any atom is 0.283 e. The largest absolute Gasteiger partial charge is 0.459 e. The maximum atomic E-state index is 5.65. The van der Waals surface area contributed by atoms with E-state index in [9.17, 15) is 0 Å². The topological polar surface area (TPSA) is 55.3 Å². The van der Waals surface area contributed by atoms with E-state index in [-0.39, 0.29) is 0 Å². The molecule has 0 atom stereocenters. The van der Waals surface area contributed by atoms with Gasteiger partial charge in [-0.25, -0.2) is 0 Å². The predicted molar refractivity (Wildman–Crippen MR) is 70.3 cm³/mol. The standard InChI is InChI=1S/C14H19N3O2/c1-2-7-17(9-11-5-6-11)10-13-15-16-14(19-13)12-4-3-8-18-12/h3-4,8,11H,2,5-7,9-10H2,1H3. The van der Waals surface area contributed by atoms with E-state index in [1.165, 1.54) is 12.8 Å². The van der Waals surface area contributed by atoms with Crippen molar-refractivity contribution in [2.75, 3.05) is 13.1 Å². The Labute approximate surface area is 112 Å². The van der Waals surface area contributed by atoms with Gasteiger partial charge in [-0.1, -0.05) is 6.92 Å². The second-order valence-corrected chi connectivity index (χ2v) is 5.16. The Kier molecular flexibility index (Phi) is 3.64. The average molecular weight is 261 g/mol. The zero-order chi connectivity index (χ0) is 13.1. The van der Waals surface area contributed by atoms with Gasteiger partial charge in [0.25, 0.3) is 5.89 Å². The van der Waals surface area contributed by atoms with Crippen LogP contribution in [0.1, 0.15) is 32.1 Å². The van der Waals surface area contributed by atoms with Crippen molar-refractivity contribution in [3.8, 4) is 11.7 Å². The first kappa shape index (κ1) is 12.4. The molecule has 2 heterocycles. The van der Waals surface area contributed by atoms with Gasteiger partial charge < -0.3 is 8.83 Å². The Morgan fingerprint density at radius 3 is 2.95 bits per heavy atom. The van der Waals surface area contributed by atoms with Crippen LogP contribution in [0.3, 0.4) is 0 Å². The molecule has 0 aromatic carbocycles. The van der Waals surface area contributed by atoms with E-state index >= 15 is 0 Å². The van der Waals surface area contributed by atoms with Gasteiger partial charge in [-0.05, 0) is 43.9 Å². The summed E-state index contributed by atoms with van der Waals surface area (Å²) in [5.41, 5.74) is 0. The lowest BCUT2D eigenvalue weighted by Gasteiger charge is -2.19. The van der Waals surface area contributed by atoms with E-state index in [1.807, 2.05) is 12.1 Å². The number of furan rings is 1. The molecule has 1 fully saturated rings. The van der Waals surface area contributed by atoms with Crippen molar-refractivity contribution in [2.24, 2.45) is 5.92 Å². The summed E-state index contributed by atoms with van der Waals surface area (Å²) in [6.07, 6.45) is 5.48. The van der Waals surface area contributed by atoms with E-state index in [1.54, 1.807) is 6.26 Å². The second kappa shape index (κ2) is 5.57. The highest BCUT2D eigenvalue weighted by atomic mass is 16.4. The molecule has 5 heteroatoms. The van der Waals surface area contributed by atoms with E-state index in [4.69, 9.17) is 8.83 Å². The third-order valence-electron chi connectivity index (χ3n) is 3.31. The van der Waals surface area contributed by atoms with Crippen LogP contribution in [-0.2, 0) is 6.54 Å². The molecule has 1 saturated carbocycles. The molecule has 3 rings (SSSR count). The third-order valence-corrected chi connectivity index (χ3v) is 3.31. The van der Waals surface area contributed by atoms with Crippen LogP contribution in [0.5, 0.6) is 0 Å². The fourth-order valence-electron chi connectivity index (χ4n) is 2.23. The summed E-state index contributed by atoms with van der Waals surface area (Å²) in [6.45, 7) is 5.15. The van der Waals surface area contributed by atoms with Crippen LogP contribution in [0, 0.1) is 5.92 Å². The van der Waals surface area contributed by atoms with E-state index in [0.717, 1.165) is 32.0 Å². The van der Waals surface area contributed by atoms with Gasteiger partial charge in [-0.2, -0.15) is 0 Å². The molecule has 0 bridgehead atoms. The van der Waals surface area contributed by atoms with Gasteiger partial charge in [0.05, 0.1) is 12.8 Å². The summed E-state index contributed by atoms with van der Waals surface area (Å²) >= 11 is 0.